The number of benzene rings is 2. The third-order valence-electron chi connectivity index (χ3n) is 4.07. The number of para-hydroxylation sites is 1. The molecule has 0 unspecified atom stereocenters. The summed E-state index contributed by atoms with van der Waals surface area (Å²) in [5, 5.41) is 0.464. The number of rotatable bonds is 7. The van der Waals surface area contributed by atoms with Gasteiger partial charge in [-0.05, 0) is 30.3 Å². The minimum atomic E-state index is -0.675. The van der Waals surface area contributed by atoms with Gasteiger partial charge in [0, 0.05) is 12.0 Å². The molecular formula is C20H17FN2O5. The third-order valence-corrected chi connectivity index (χ3v) is 4.07. The van der Waals surface area contributed by atoms with Gasteiger partial charge in [-0.25, -0.2) is 9.37 Å². The highest BCUT2D eigenvalue weighted by Gasteiger charge is 2.13. The van der Waals surface area contributed by atoms with E-state index in [-0.39, 0.29) is 29.7 Å². The molecule has 0 fully saturated rings. The standard InChI is InChI=1S/C20H17FN2O5/c1-27-17-7-6-12(10-14(17)21)16(24)11-28-19(25)9-8-18-22-15-5-3-2-4-13(15)20(26)23-18/h2-7,10H,8-9,11H2,1H3,(H,22,23,26). The van der Waals surface area contributed by atoms with Crippen molar-refractivity contribution >= 4 is 22.7 Å². The molecule has 0 atom stereocenters. The van der Waals surface area contributed by atoms with E-state index in [0.717, 1.165) is 6.07 Å². The summed E-state index contributed by atoms with van der Waals surface area (Å²) in [5.74, 6) is -1.47. The number of halogens is 1. The second-order valence-electron chi connectivity index (χ2n) is 5.96. The Morgan fingerprint density at radius 1 is 1.18 bits per heavy atom. The van der Waals surface area contributed by atoms with Crippen LogP contribution in [0.25, 0.3) is 10.9 Å². The van der Waals surface area contributed by atoms with Crippen molar-refractivity contribution < 1.29 is 23.5 Å². The second-order valence-corrected chi connectivity index (χ2v) is 5.96. The van der Waals surface area contributed by atoms with Gasteiger partial charge in [-0.1, -0.05) is 12.1 Å². The first-order valence-electron chi connectivity index (χ1n) is 8.48. The second kappa shape index (κ2) is 8.43. The number of ketones is 1. The van der Waals surface area contributed by atoms with Gasteiger partial charge in [0.25, 0.3) is 5.56 Å². The molecule has 28 heavy (non-hydrogen) atoms. The van der Waals surface area contributed by atoms with Gasteiger partial charge < -0.3 is 14.5 Å². The fourth-order valence-electron chi connectivity index (χ4n) is 2.62. The lowest BCUT2D eigenvalue weighted by Crippen LogP contribution is -2.16. The molecule has 0 radical (unpaired) electrons. The highest BCUT2D eigenvalue weighted by Crippen LogP contribution is 2.18. The Labute approximate surface area is 159 Å². The molecule has 0 aliphatic rings. The van der Waals surface area contributed by atoms with Gasteiger partial charge >= 0.3 is 5.97 Å². The minimum Gasteiger partial charge on any atom is -0.494 e. The summed E-state index contributed by atoms with van der Waals surface area (Å²) in [6.45, 7) is -0.508. The lowest BCUT2D eigenvalue weighted by atomic mass is 10.1. The van der Waals surface area contributed by atoms with Crippen LogP contribution < -0.4 is 10.3 Å². The average molecular weight is 384 g/mol. The van der Waals surface area contributed by atoms with Crippen LogP contribution in [0.15, 0.2) is 47.3 Å². The molecule has 0 saturated carbocycles. The van der Waals surface area contributed by atoms with Crippen LogP contribution in [0.5, 0.6) is 5.75 Å². The van der Waals surface area contributed by atoms with Crippen molar-refractivity contribution in [3.63, 3.8) is 0 Å². The molecule has 0 amide bonds. The number of methoxy groups -OCH3 is 1. The Hall–Kier alpha value is -3.55. The fourth-order valence-corrected chi connectivity index (χ4v) is 2.62. The van der Waals surface area contributed by atoms with Crippen LogP contribution in [-0.2, 0) is 16.0 Å². The minimum absolute atomic E-state index is 0.0189. The topological polar surface area (TPSA) is 98.3 Å². The van der Waals surface area contributed by atoms with E-state index in [1.807, 2.05) is 0 Å². The van der Waals surface area contributed by atoms with Gasteiger partial charge in [-0.15, -0.1) is 0 Å². The number of hydrogen-bond acceptors (Lipinski definition) is 6. The summed E-state index contributed by atoms with van der Waals surface area (Å²) >= 11 is 0. The number of carbonyl (C=O) groups is 2. The first-order chi connectivity index (χ1) is 13.5. The Kier molecular flexibility index (Phi) is 5.78. The molecule has 144 valence electrons. The van der Waals surface area contributed by atoms with Crippen LogP contribution in [-0.4, -0.2) is 35.4 Å². The lowest BCUT2D eigenvalue weighted by Gasteiger charge is -2.06. The SMILES string of the molecule is COc1ccc(C(=O)COC(=O)CCc2nc3ccccc3c(=O)[nH]2)cc1F. The number of aryl methyl sites for hydroxylation is 1. The van der Waals surface area contributed by atoms with Gasteiger partial charge in [-0.3, -0.25) is 14.4 Å². The number of fused-ring (bicyclic) bond motifs is 1. The van der Waals surface area contributed by atoms with E-state index >= 15 is 0 Å². The van der Waals surface area contributed by atoms with E-state index in [2.05, 4.69) is 9.97 Å². The lowest BCUT2D eigenvalue weighted by molar-refractivity contribution is -0.142. The Morgan fingerprint density at radius 3 is 2.71 bits per heavy atom. The first kappa shape index (κ1) is 19.2. The zero-order chi connectivity index (χ0) is 20.1. The molecule has 8 heteroatoms. The molecule has 0 bridgehead atoms. The predicted molar refractivity (Wildman–Crippen MR) is 98.9 cm³/mol. The van der Waals surface area contributed by atoms with E-state index in [1.165, 1.54) is 19.2 Å². The molecule has 0 aliphatic carbocycles. The maximum atomic E-state index is 13.6. The van der Waals surface area contributed by atoms with E-state index in [0.29, 0.717) is 16.7 Å². The highest BCUT2D eigenvalue weighted by molar-refractivity contribution is 5.98. The van der Waals surface area contributed by atoms with Crippen molar-refractivity contribution in [1.29, 1.82) is 0 Å². The number of aromatic nitrogens is 2. The van der Waals surface area contributed by atoms with Crippen molar-refractivity contribution in [2.24, 2.45) is 0 Å². The number of ether oxygens (including phenoxy) is 2. The average Bonchev–Trinajstić information content (AvgIpc) is 2.70. The van der Waals surface area contributed by atoms with E-state index in [1.54, 1.807) is 24.3 Å². The van der Waals surface area contributed by atoms with Crippen molar-refractivity contribution in [3.05, 3.63) is 70.0 Å². The zero-order valence-electron chi connectivity index (χ0n) is 15.0. The van der Waals surface area contributed by atoms with Gasteiger partial charge in [0.05, 0.1) is 24.4 Å². The number of H-pyrrole nitrogens is 1. The quantitative estimate of drug-likeness (QED) is 0.496. The first-order valence-corrected chi connectivity index (χ1v) is 8.48. The molecule has 0 aliphatic heterocycles. The van der Waals surface area contributed by atoms with E-state index in [9.17, 15) is 18.8 Å². The molecule has 0 saturated heterocycles. The highest BCUT2D eigenvalue weighted by atomic mass is 19.1. The van der Waals surface area contributed by atoms with Gasteiger partial charge in [0.2, 0.25) is 0 Å². The Bertz CT molecular complexity index is 1090. The number of nitrogens with zero attached hydrogens (tertiary/aromatic N) is 1. The summed E-state index contributed by atoms with van der Waals surface area (Å²) in [6, 6.07) is 10.6. The number of esters is 1. The summed E-state index contributed by atoms with van der Waals surface area (Å²) in [6.07, 6.45) is 0.0931. The molecule has 2 aromatic carbocycles. The normalized spacial score (nSPS) is 10.6. The number of nitrogens with one attached hydrogen (secondary N) is 1. The monoisotopic (exact) mass is 384 g/mol. The van der Waals surface area contributed by atoms with Crippen molar-refractivity contribution in [1.82, 2.24) is 9.97 Å². The molecule has 7 nitrogen and oxygen atoms in total. The summed E-state index contributed by atoms with van der Waals surface area (Å²) in [5.41, 5.74) is 0.323. The third kappa shape index (κ3) is 4.40. The number of aromatic amines is 1. The maximum Gasteiger partial charge on any atom is 0.306 e. The summed E-state index contributed by atoms with van der Waals surface area (Å²) in [7, 11) is 1.32. The molecule has 1 N–H and O–H groups in total. The van der Waals surface area contributed by atoms with Crippen LogP contribution in [0.3, 0.4) is 0 Å². The molecule has 3 rings (SSSR count). The maximum absolute atomic E-state index is 13.6. The number of Topliss-reactive ketones (excluding diaryl/α,β-unsaturated/α-hetero) is 1. The smallest absolute Gasteiger partial charge is 0.306 e. The van der Waals surface area contributed by atoms with E-state index < -0.39 is 24.2 Å². The molecule has 1 heterocycles. The van der Waals surface area contributed by atoms with E-state index in [4.69, 9.17) is 9.47 Å². The number of carbonyl (C=O) groups excluding carboxylic acids is 2. The van der Waals surface area contributed by atoms with Gasteiger partial charge in [0.1, 0.15) is 5.82 Å². The van der Waals surface area contributed by atoms with Crippen LogP contribution in [0.2, 0.25) is 0 Å². The van der Waals surface area contributed by atoms with Crippen LogP contribution >= 0.6 is 0 Å². The molecule has 0 spiro atoms. The molecule has 3 aromatic rings. The predicted octanol–water partition coefficient (Wildman–Crippen LogP) is 2.43. The van der Waals surface area contributed by atoms with Crippen LogP contribution in [0.1, 0.15) is 22.6 Å². The van der Waals surface area contributed by atoms with Gasteiger partial charge in [-0.2, -0.15) is 0 Å². The largest absolute Gasteiger partial charge is 0.494 e. The number of hydrogen-bond donors (Lipinski definition) is 1. The zero-order valence-corrected chi connectivity index (χ0v) is 15.0. The van der Waals surface area contributed by atoms with Crippen LogP contribution in [0, 0.1) is 5.82 Å². The Morgan fingerprint density at radius 2 is 1.96 bits per heavy atom. The molecular weight excluding hydrogens is 367 g/mol. The Balaban J connectivity index is 1.55. The van der Waals surface area contributed by atoms with Crippen molar-refractivity contribution in [3.8, 4) is 5.75 Å². The summed E-state index contributed by atoms with van der Waals surface area (Å²) < 4.78 is 23.4. The molecule has 1 aromatic heterocycles. The van der Waals surface area contributed by atoms with Crippen molar-refractivity contribution in [2.45, 2.75) is 12.8 Å². The van der Waals surface area contributed by atoms with Gasteiger partial charge in [0.15, 0.2) is 24.0 Å². The fraction of sp³-hybridized carbons (Fsp3) is 0.200. The van der Waals surface area contributed by atoms with Crippen molar-refractivity contribution in [2.75, 3.05) is 13.7 Å². The summed E-state index contributed by atoms with van der Waals surface area (Å²) in [4.78, 5) is 42.8. The van der Waals surface area contributed by atoms with Crippen LogP contribution in [0.4, 0.5) is 4.39 Å².